The number of amides is 1. The Morgan fingerprint density at radius 3 is 2.50 bits per heavy atom. The highest BCUT2D eigenvalue weighted by atomic mass is 32.2. The number of rotatable bonds is 6. The number of thiocarbonyl (C=S) groups is 1. The molecule has 142 valence electrons. The van der Waals surface area contributed by atoms with Crippen molar-refractivity contribution in [3.8, 4) is 0 Å². The van der Waals surface area contributed by atoms with E-state index in [0.29, 0.717) is 0 Å². The van der Waals surface area contributed by atoms with Gasteiger partial charge in [-0.1, -0.05) is 66.4 Å². The van der Waals surface area contributed by atoms with Crippen LogP contribution in [-0.2, 0) is 16.0 Å². The Kier molecular flexibility index (Phi) is 5.86. The summed E-state index contributed by atoms with van der Waals surface area (Å²) in [6.07, 6.45) is 1.47. The minimum atomic E-state index is -1.17. The highest BCUT2D eigenvalue weighted by molar-refractivity contribution is 8.26. The Morgan fingerprint density at radius 2 is 1.86 bits per heavy atom. The second-order valence-electron chi connectivity index (χ2n) is 5.91. The maximum absolute atomic E-state index is 12.9. The molecule has 0 bridgehead atoms. The van der Waals surface area contributed by atoms with Crippen LogP contribution in [0.15, 0.2) is 59.5 Å². The van der Waals surface area contributed by atoms with Gasteiger partial charge in [-0.15, -0.1) is 0 Å². The first-order valence-electron chi connectivity index (χ1n) is 8.15. The maximum Gasteiger partial charge on any atom is 0.327 e. The maximum atomic E-state index is 12.9. The molecule has 1 atom stereocenters. The van der Waals surface area contributed by atoms with E-state index < -0.39 is 22.8 Å². The number of benzene rings is 2. The molecule has 1 heterocycles. The summed E-state index contributed by atoms with van der Waals surface area (Å²) in [6, 6.07) is 13.8. The van der Waals surface area contributed by atoms with Crippen LogP contribution >= 0.6 is 24.0 Å². The van der Waals surface area contributed by atoms with Crippen molar-refractivity contribution >= 4 is 51.9 Å². The average molecular weight is 414 g/mol. The van der Waals surface area contributed by atoms with E-state index in [1.807, 2.05) is 6.07 Å². The van der Waals surface area contributed by atoms with E-state index in [0.717, 1.165) is 22.2 Å². The Hall–Kier alpha value is -3.04. The van der Waals surface area contributed by atoms with Crippen molar-refractivity contribution in [2.24, 2.45) is 0 Å². The Balaban J connectivity index is 1.92. The van der Waals surface area contributed by atoms with Crippen molar-refractivity contribution in [3.63, 3.8) is 0 Å². The van der Waals surface area contributed by atoms with Gasteiger partial charge in [0.05, 0.1) is 15.4 Å². The number of nitro benzene ring substituents is 1. The predicted octanol–water partition coefficient (Wildman–Crippen LogP) is 3.49. The second-order valence-corrected chi connectivity index (χ2v) is 7.59. The lowest BCUT2D eigenvalue weighted by molar-refractivity contribution is -0.385. The molecule has 0 radical (unpaired) electrons. The average Bonchev–Trinajstić information content (AvgIpc) is 2.94. The SMILES string of the molecule is O=C(O)C(Cc1ccccc1)N1C(=O)/C(=C/c2ccccc2[N+](=O)[O-])SC1=S. The summed E-state index contributed by atoms with van der Waals surface area (Å²) in [6.45, 7) is 0. The van der Waals surface area contributed by atoms with Crippen LogP contribution in [0.1, 0.15) is 11.1 Å². The summed E-state index contributed by atoms with van der Waals surface area (Å²) in [7, 11) is 0. The number of carbonyl (C=O) groups excluding carboxylic acids is 1. The molecule has 0 spiro atoms. The Morgan fingerprint density at radius 1 is 1.21 bits per heavy atom. The number of nitro groups is 1. The van der Waals surface area contributed by atoms with Gasteiger partial charge >= 0.3 is 5.97 Å². The van der Waals surface area contributed by atoms with Crippen LogP contribution in [0.2, 0.25) is 0 Å². The summed E-state index contributed by atoms with van der Waals surface area (Å²) in [4.78, 5) is 36.5. The molecule has 0 saturated carbocycles. The third-order valence-corrected chi connectivity index (χ3v) is 5.44. The van der Waals surface area contributed by atoms with Gasteiger partial charge in [0.25, 0.3) is 11.6 Å². The standard InChI is InChI=1S/C19H14N2O5S2/c22-17-16(11-13-8-4-5-9-14(13)21(25)26)28-19(27)20(17)15(18(23)24)10-12-6-2-1-3-7-12/h1-9,11,15H,10H2,(H,23,24)/b16-11-. The van der Waals surface area contributed by atoms with Gasteiger partial charge in [0, 0.05) is 12.5 Å². The van der Waals surface area contributed by atoms with Gasteiger partial charge in [-0.2, -0.15) is 0 Å². The van der Waals surface area contributed by atoms with Crippen molar-refractivity contribution < 1.29 is 19.6 Å². The van der Waals surface area contributed by atoms with E-state index in [-0.39, 0.29) is 26.9 Å². The first kappa shape index (κ1) is 19.7. The first-order chi connectivity index (χ1) is 13.4. The van der Waals surface area contributed by atoms with Crippen LogP contribution in [0.25, 0.3) is 6.08 Å². The molecular weight excluding hydrogens is 400 g/mol. The fourth-order valence-corrected chi connectivity index (χ4v) is 4.14. The van der Waals surface area contributed by atoms with E-state index in [4.69, 9.17) is 12.2 Å². The third kappa shape index (κ3) is 4.10. The normalized spacial score (nSPS) is 16.4. The second kappa shape index (κ2) is 8.32. The van der Waals surface area contributed by atoms with Crippen LogP contribution in [0.4, 0.5) is 5.69 Å². The minimum Gasteiger partial charge on any atom is -0.480 e. The molecule has 1 amide bonds. The molecule has 2 aromatic carbocycles. The van der Waals surface area contributed by atoms with E-state index in [9.17, 15) is 24.8 Å². The van der Waals surface area contributed by atoms with Crippen molar-refractivity contribution in [2.45, 2.75) is 12.5 Å². The highest BCUT2D eigenvalue weighted by Gasteiger charge is 2.40. The number of carboxylic acids is 1. The number of carbonyl (C=O) groups is 2. The first-order valence-corrected chi connectivity index (χ1v) is 9.38. The fraction of sp³-hybridized carbons (Fsp3) is 0.105. The lowest BCUT2D eigenvalue weighted by Gasteiger charge is -2.23. The van der Waals surface area contributed by atoms with Gasteiger partial charge in [0.1, 0.15) is 10.4 Å². The predicted molar refractivity (Wildman–Crippen MR) is 110 cm³/mol. The number of hydrogen-bond acceptors (Lipinski definition) is 6. The zero-order chi connectivity index (χ0) is 20.3. The number of para-hydroxylation sites is 1. The van der Waals surface area contributed by atoms with Gasteiger partial charge in [-0.3, -0.25) is 19.8 Å². The quantitative estimate of drug-likeness (QED) is 0.334. The van der Waals surface area contributed by atoms with Crippen molar-refractivity contribution in [2.75, 3.05) is 0 Å². The van der Waals surface area contributed by atoms with Crippen molar-refractivity contribution in [3.05, 3.63) is 80.7 Å². The number of carboxylic acid groups (broad SMARTS) is 1. The lowest BCUT2D eigenvalue weighted by Crippen LogP contribution is -2.45. The molecule has 0 aromatic heterocycles. The van der Waals surface area contributed by atoms with Gasteiger partial charge in [0.2, 0.25) is 0 Å². The van der Waals surface area contributed by atoms with Gasteiger partial charge in [0.15, 0.2) is 0 Å². The molecule has 3 rings (SSSR count). The molecule has 9 heteroatoms. The van der Waals surface area contributed by atoms with Crippen LogP contribution in [0, 0.1) is 10.1 Å². The zero-order valence-electron chi connectivity index (χ0n) is 14.3. The van der Waals surface area contributed by atoms with Crippen LogP contribution in [-0.4, -0.2) is 37.2 Å². The molecule has 1 fully saturated rings. The molecule has 1 aliphatic heterocycles. The van der Waals surface area contributed by atoms with E-state index in [1.165, 1.54) is 24.3 Å². The van der Waals surface area contributed by atoms with Crippen molar-refractivity contribution in [1.29, 1.82) is 0 Å². The molecule has 28 heavy (non-hydrogen) atoms. The smallest absolute Gasteiger partial charge is 0.327 e. The molecule has 1 unspecified atom stereocenters. The Labute approximate surface area is 169 Å². The number of thioether (sulfide) groups is 1. The number of hydrogen-bond donors (Lipinski definition) is 1. The minimum absolute atomic E-state index is 0.0986. The van der Waals surface area contributed by atoms with Gasteiger partial charge < -0.3 is 5.11 Å². The van der Waals surface area contributed by atoms with E-state index in [2.05, 4.69) is 0 Å². The monoisotopic (exact) mass is 414 g/mol. The summed E-state index contributed by atoms with van der Waals surface area (Å²) in [5, 5.41) is 20.8. The van der Waals surface area contributed by atoms with Crippen LogP contribution in [0.3, 0.4) is 0 Å². The van der Waals surface area contributed by atoms with Crippen molar-refractivity contribution in [1.82, 2.24) is 4.90 Å². The topological polar surface area (TPSA) is 101 Å². The summed E-state index contributed by atoms with van der Waals surface area (Å²) < 4.78 is 0.109. The molecule has 1 N–H and O–H groups in total. The largest absolute Gasteiger partial charge is 0.480 e. The lowest BCUT2D eigenvalue weighted by atomic mass is 10.0. The van der Waals surface area contributed by atoms with Gasteiger partial charge in [-0.25, -0.2) is 4.79 Å². The molecule has 0 aliphatic carbocycles. The highest BCUT2D eigenvalue weighted by Crippen LogP contribution is 2.36. The van der Waals surface area contributed by atoms with Gasteiger partial charge in [-0.05, 0) is 17.7 Å². The molecule has 1 aliphatic rings. The number of aliphatic carboxylic acids is 1. The molecule has 7 nitrogen and oxygen atoms in total. The molecule has 1 saturated heterocycles. The zero-order valence-corrected chi connectivity index (χ0v) is 16.0. The third-order valence-electron chi connectivity index (χ3n) is 4.11. The van der Waals surface area contributed by atoms with Crippen LogP contribution in [0.5, 0.6) is 0 Å². The Bertz CT molecular complexity index is 991. The summed E-state index contributed by atoms with van der Waals surface area (Å²) in [5.74, 6) is -1.75. The van der Waals surface area contributed by atoms with E-state index >= 15 is 0 Å². The fourth-order valence-electron chi connectivity index (χ4n) is 2.79. The van der Waals surface area contributed by atoms with Crippen LogP contribution < -0.4 is 0 Å². The molecule has 2 aromatic rings. The number of nitrogens with zero attached hydrogens (tertiary/aromatic N) is 2. The summed E-state index contributed by atoms with van der Waals surface area (Å²) >= 11 is 6.17. The summed E-state index contributed by atoms with van der Waals surface area (Å²) in [5.41, 5.74) is 0.862. The van der Waals surface area contributed by atoms with E-state index in [1.54, 1.807) is 30.3 Å². The molecular formula is C19H14N2O5S2.